The number of carbonyl (C=O) groups is 1. The fourth-order valence-corrected chi connectivity index (χ4v) is 4.70. The molecule has 1 saturated heterocycles. The van der Waals surface area contributed by atoms with Crippen molar-refractivity contribution in [3.05, 3.63) is 29.7 Å². The topological polar surface area (TPSA) is 97.8 Å². The van der Waals surface area contributed by atoms with Crippen LogP contribution in [0.4, 0.5) is 18.0 Å². The monoisotopic (exact) mass is 454 g/mol. The minimum atomic E-state index is -4.52. The van der Waals surface area contributed by atoms with Crippen molar-refractivity contribution in [3.63, 3.8) is 0 Å². The first-order valence-electron chi connectivity index (χ1n) is 11.0. The van der Waals surface area contributed by atoms with Gasteiger partial charge < -0.3 is 20.7 Å². The third kappa shape index (κ3) is 4.68. The van der Waals surface area contributed by atoms with Gasteiger partial charge in [-0.2, -0.15) is 18.3 Å². The molecule has 2 fully saturated rings. The maximum atomic E-state index is 13.1. The molecule has 32 heavy (non-hydrogen) atoms. The predicted octanol–water partition coefficient (Wildman–Crippen LogP) is 3.34. The van der Waals surface area contributed by atoms with Crippen LogP contribution in [0.15, 0.2) is 18.5 Å². The number of fused-ring (bicyclic) bond motifs is 1. The van der Waals surface area contributed by atoms with E-state index in [0.29, 0.717) is 17.1 Å². The Bertz CT molecular complexity index is 941. The van der Waals surface area contributed by atoms with E-state index in [2.05, 4.69) is 10.1 Å². The van der Waals surface area contributed by atoms with Gasteiger partial charge in [-0.05, 0) is 24.8 Å². The summed E-state index contributed by atoms with van der Waals surface area (Å²) in [6.07, 6.45) is 5.79. The summed E-state index contributed by atoms with van der Waals surface area (Å²) in [6, 6.07) is -1.88. The number of hydrogen-bond donors (Lipinski definition) is 2. The van der Waals surface area contributed by atoms with Gasteiger partial charge in [-0.15, -0.1) is 0 Å². The number of hydrogen-bond acceptors (Lipinski definition) is 5. The highest BCUT2D eigenvalue weighted by Crippen LogP contribution is 2.33. The minimum Gasteiger partial charge on any atom is -0.382 e. The Morgan fingerprint density at radius 1 is 1.28 bits per heavy atom. The van der Waals surface area contributed by atoms with Crippen LogP contribution in [-0.2, 0) is 4.74 Å². The average molecular weight is 454 g/mol. The van der Waals surface area contributed by atoms with E-state index >= 15 is 0 Å². The first kappa shape index (κ1) is 22.8. The molecule has 1 aliphatic heterocycles. The maximum absolute atomic E-state index is 13.1. The lowest BCUT2D eigenvalue weighted by Gasteiger charge is -2.26. The predicted molar refractivity (Wildman–Crippen MR) is 111 cm³/mol. The van der Waals surface area contributed by atoms with E-state index < -0.39 is 30.8 Å². The number of aromatic nitrogens is 3. The molecule has 3 heterocycles. The Hall–Kier alpha value is -2.40. The van der Waals surface area contributed by atoms with Gasteiger partial charge in [-0.3, -0.25) is 0 Å². The van der Waals surface area contributed by atoms with Gasteiger partial charge in [0.15, 0.2) is 5.65 Å². The van der Waals surface area contributed by atoms with E-state index in [1.807, 2.05) is 11.5 Å². The van der Waals surface area contributed by atoms with Crippen molar-refractivity contribution in [1.82, 2.24) is 24.8 Å². The van der Waals surface area contributed by atoms with Gasteiger partial charge in [0.1, 0.15) is 6.04 Å². The molecule has 2 aromatic rings. The van der Waals surface area contributed by atoms with Crippen LogP contribution in [0.1, 0.15) is 61.9 Å². The van der Waals surface area contributed by atoms with E-state index in [1.165, 1.54) is 39.0 Å². The fourth-order valence-electron chi connectivity index (χ4n) is 4.70. The number of urea groups is 1. The largest absolute Gasteiger partial charge is 0.410 e. The second-order valence-corrected chi connectivity index (χ2v) is 8.70. The first-order chi connectivity index (χ1) is 15.3. The number of amides is 2. The average Bonchev–Trinajstić information content (AvgIpc) is 3.24. The molecule has 4 rings (SSSR count). The van der Waals surface area contributed by atoms with Crippen molar-refractivity contribution in [1.29, 1.82) is 0 Å². The lowest BCUT2D eigenvalue weighted by molar-refractivity contribution is -0.150. The van der Waals surface area contributed by atoms with E-state index in [1.54, 1.807) is 10.6 Å². The lowest BCUT2D eigenvalue weighted by atomic mass is 9.91. The zero-order valence-corrected chi connectivity index (χ0v) is 18.0. The van der Waals surface area contributed by atoms with E-state index in [9.17, 15) is 18.0 Å². The lowest BCUT2D eigenvalue weighted by Crippen LogP contribution is -2.40. The molecule has 3 atom stereocenters. The highest BCUT2D eigenvalue weighted by Gasteiger charge is 2.48. The van der Waals surface area contributed by atoms with Crippen molar-refractivity contribution in [2.24, 2.45) is 11.7 Å². The summed E-state index contributed by atoms with van der Waals surface area (Å²) in [5.41, 5.74) is 8.37. The number of methoxy groups -OCH3 is 1. The third-order valence-electron chi connectivity index (χ3n) is 6.53. The molecule has 2 unspecified atom stereocenters. The van der Waals surface area contributed by atoms with Gasteiger partial charge in [-0.1, -0.05) is 25.7 Å². The van der Waals surface area contributed by atoms with Crippen LogP contribution in [0, 0.1) is 5.92 Å². The number of rotatable bonds is 6. The summed E-state index contributed by atoms with van der Waals surface area (Å²) in [4.78, 5) is 18.1. The molecule has 11 heteroatoms. The van der Waals surface area contributed by atoms with Crippen molar-refractivity contribution in [2.75, 3.05) is 20.3 Å². The van der Waals surface area contributed by atoms with Crippen LogP contribution in [0.5, 0.6) is 0 Å². The number of imidazole rings is 1. The summed E-state index contributed by atoms with van der Waals surface area (Å²) < 4.78 is 46.2. The summed E-state index contributed by atoms with van der Waals surface area (Å²) in [5.74, 6) is 0.371. The quantitative estimate of drug-likeness (QED) is 0.653. The molecule has 176 valence electrons. The van der Waals surface area contributed by atoms with Crippen LogP contribution in [-0.4, -0.2) is 58.0 Å². The molecular weight excluding hydrogens is 425 g/mol. The number of nitrogens with zero attached hydrogens (tertiary/aromatic N) is 4. The number of carbonyl (C=O) groups excluding carboxylic acids is 1. The van der Waals surface area contributed by atoms with E-state index in [0.717, 1.165) is 23.4 Å². The Kier molecular flexibility index (Phi) is 6.57. The molecule has 3 N–H and O–H groups in total. The SMILES string of the molecule is COCC(c1cnn2cc(C(N)C3CCCCCC3)nc2c1)N1C[C@@H](C(F)(F)F)NC1=O. The molecule has 1 aliphatic carbocycles. The maximum Gasteiger partial charge on any atom is 0.410 e. The van der Waals surface area contributed by atoms with Gasteiger partial charge in [0.2, 0.25) is 0 Å². The number of nitrogens with one attached hydrogen (secondary N) is 1. The molecule has 2 aliphatic rings. The molecular formula is C21H29F3N6O2. The molecule has 0 spiro atoms. The highest BCUT2D eigenvalue weighted by atomic mass is 19.4. The van der Waals surface area contributed by atoms with Gasteiger partial charge in [0.05, 0.1) is 43.3 Å². The highest BCUT2D eigenvalue weighted by molar-refractivity contribution is 5.77. The van der Waals surface area contributed by atoms with E-state index in [-0.39, 0.29) is 12.6 Å². The zero-order valence-electron chi connectivity index (χ0n) is 18.0. The van der Waals surface area contributed by atoms with Crippen LogP contribution in [0.25, 0.3) is 5.65 Å². The smallest absolute Gasteiger partial charge is 0.382 e. The van der Waals surface area contributed by atoms with Gasteiger partial charge >= 0.3 is 12.2 Å². The number of ether oxygens (including phenoxy) is 1. The summed E-state index contributed by atoms with van der Waals surface area (Å²) in [5, 5.41) is 6.38. The molecule has 2 aromatic heterocycles. The second-order valence-electron chi connectivity index (χ2n) is 8.70. The van der Waals surface area contributed by atoms with Crippen LogP contribution in [0.2, 0.25) is 0 Å². The number of alkyl halides is 3. The van der Waals surface area contributed by atoms with Crippen molar-refractivity contribution < 1.29 is 22.7 Å². The van der Waals surface area contributed by atoms with Gasteiger partial charge in [0.25, 0.3) is 0 Å². The zero-order chi connectivity index (χ0) is 22.9. The van der Waals surface area contributed by atoms with Gasteiger partial charge in [-0.25, -0.2) is 14.3 Å². The Labute approximate surface area is 184 Å². The summed E-state index contributed by atoms with van der Waals surface area (Å²) in [7, 11) is 1.44. The Morgan fingerprint density at radius 2 is 2.00 bits per heavy atom. The van der Waals surface area contributed by atoms with Crippen molar-refractivity contribution in [2.45, 2.75) is 62.8 Å². The molecule has 2 amide bonds. The first-order valence-corrected chi connectivity index (χ1v) is 11.0. The molecule has 0 bridgehead atoms. The molecule has 1 saturated carbocycles. The standard InChI is InChI=1S/C21H29F3N6O2/c1-32-12-16(29-11-17(21(22,23)24)28-20(29)31)14-8-18-27-15(10-30(18)26-9-14)19(25)13-6-4-2-3-5-7-13/h8-10,13,16-17,19H,2-7,11-12,25H2,1H3,(H,28,31)/t16?,17-,19?/m0/s1. The molecule has 0 radical (unpaired) electrons. The van der Waals surface area contributed by atoms with Crippen molar-refractivity contribution in [3.8, 4) is 0 Å². The minimum absolute atomic E-state index is 0.0327. The molecule has 8 nitrogen and oxygen atoms in total. The second kappa shape index (κ2) is 9.22. The van der Waals surface area contributed by atoms with Crippen LogP contribution < -0.4 is 11.1 Å². The number of halogens is 3. The van der Waals surface area contributed by atoms with Crippen LogP contribution >= 0.6 is 0 Å². The van der Waals surface area contributed by atoms with E-state index in [4.69, 9.17) is 10.5 Å². The van der Waals surface area contributed by atoms with Crippen molar-refractivity contribution >= 4 is 11.7 Å². The fraction of sp³-hybridized carbons (Fsp3) is 0.667. The van der Waals surface area contributed by atoms with Crippen LogP contribution in [0.3, 0.4) is 0 Å². The molecule has 0 aromatic carbocycles. The summed E-state index contributed by atoms with van der Waals surface area (Å²) >= 11 is 0. The normalized spacial score (nSPS) is 22.7. The Balaban J connectivity index is 1.58. The van der Waals surface area contributed by atoms with Gasteiger partial charge in [0, 0.05) is 12.7 Å². The Morgan fingerprint density at radius 3 is 2.62 bits per heavy atom. The number of nitrogens with two attached hydrogens (primary N) is 1. The summed E-state index contributed by atoms with van der Waals surface area (Å²) in [6.45, 7) is -0.460. The third-order valence-corrected chi connectivity index (χ3v) is 6.53.